The number of oxazole rings is 1. The quantitative estimate of drug-likeness (QED) is 0.331. The molecule has 5 rings (SSSR count). The maximum Gasteiger partial charge on any atom is 0.228 e. The van der Waals surface area contributed by atoms with Gasteiger partial charge in [0.2, 0.25) is 18.1 Å². The van der Waals surface area contributed by atoms with Gasteiger partial charge in [-0.3, -0.25) is 4.98 Å². The lowest BCUT2D eigenvalue weighted by Crippen LogP contribution is -1.88. The lowest BCUT2D eigenvalue weighted by molar-refractivity contribution is 0.418. The van der Waals surface area contributed by atoms with Crippen LogP contribution < -0.4 is 0 Å². The van der Waals surface area contributed by atoms with Crippen molar-refractivity contribution in [1.29, 1.82) is 0 Å². The minimum atomic E-state index is -0.336. The smallest absolute Gasteiger partial charge is 0.228 e. The third-order valence-electron chi connectivity index (χ3n) is 4.21. The number of hydrogen-bond acceptors (Lipinski definition) is 8. The van der Waals surface area contributed by atoms with E-state index in [2.05, 4.69) is 25.1 Å². The maximum atomic E-state index is 13.3. The number of aromatic nitrogens is 5. The first-order valence-electron chi connectivity index (χ1n) is 8.95. The van der Waals surface area contributed by atoms with Crippen LogP contribution in [0.3, 0.4) is 0 Å². The molecule has 0 atom stereocenters. The Hall–Kier alpha value is -3.56. The lowest BCUT2D eigenvalue weighted by atomic mass is 10.2. The molecule has 1 aromatic carbocycles. The van der Waals surface area contributed by atoms with Crippen LogP contribution in [-0.4, -0.2) is 25.1 Å². The number of pyridine rings is 2. The van der Waals surface area contributed by atoms with Gasteiger partial charge in [0.25, 0.3) is 0 Å². The second-order valence-electron chi connectivity index (χ2n) is 6.27. The van der Waals surface area contributed by atoms with E-state index in [0.29, 0.717) is 43.8 Å². The first kappa shape index (κ1) is 19.4. The zero-order valence-corrected chi connectivity index (χ0v) is 17.1. The Bertz CT molecular complexity index is 1310. The molecule has 0 aliphatic rings. The van der Waals surface area contributed by atoms with Gasteiger partial charge >= 0.3 is 0 Å². The SMILES string of the molecule is Fc1ccc(-c2nc(-c3ccc(-c4ncon4)nc3)c(Sc3ccc(Cl)cn3)o2)cc1. The second-order valence-corrected chi connectivity index (χ2v) is 7.70. The van der Waals surface area contributed by atoms with Crippen molar-refractivity contribution in [3.8, 4) is 34.2 Å². The average Bonchev–Trinajstić information content (AvgIpc) is 3.47. The molecule has 4 heterocycles. The van der Waals surface area contributed by atoms with Crippen molar-refractivity contribution in [2.45, 2.75) is 10.1 Å². The highest BCUT2D eigenvalue weighted by Gasteiger charge is 2.19. The summed E-state index contributed by atoms with van der Waals surface area (Å²) in [5.74, 6) is 0.407. The molecule has 0 spiro atoms. The highest BCUT2D eigenvalue weighted by Crippen LogP contribution is 2.38. The van der Waals surface area contributed by atoms with Crippen molar-refractivity contribution in [3.05, 3.63) is 78.2 Å². The maximum absolute atomic E-state index is 13.3. The van der Waals surface area contributed by atoms with Gasteiger partial charge in [0.1, 0.15) is 22.2 Å². The second kappa shape index (κ2) is 8.29. The van der Waals surface area contributed by atoms with E-state index in [1.54, 1.807) is 42.7 Å². The van der Waals surface area contributed by atoms with E-state index in [4.69, 9.17) is 20.5 Å². The minimum Gasteiger partial charge on any atom is -0.429 e. The van der Waals surface area contributed by atoms with E-state index in [1.165, 1.54) is 30.3 Å². The van der Waals surface area contributed by atoms with Gasteiger partial charge in [0, 0.05) is 23.5 Å². The molecule has 31 heavy (non-hydrogen) atoms. The normalized spacial score (nSPS) is 11.0. The average molecular weight is 452 g/mol. The Morgan fingerprint density at radius 3 is 2.39 bits per heavy atom. The van der Waals surface area contributed by atoms with E-state index in [0.717, 1.165) is 5.56 Å². The van der Waals surface area contributed by atoms with Crippen molar-refractivity contribution in [2.75, 3.05) is 0 Å². The molecule has 152 valence electrons. The molecule has 10 heteroatoms. The van der Waals surface area contributed by atoms with E-state index in [-0.39, 0.29) is 5.82 Å². The van der Waals surface area contributed by atoms with Crippen LogP contribution >= 0.6 is 23.4 Å². The first-order chi connectivity index (χ1) is 15.2. The van der Waals surface area contributed by atoms with E-state index in [9.17, 15) is 4.39 Å². The molecule has 5 aromatic rings. The Labute approximate surface area is 184 Å². The van der Waals surface area contributed by atoms with Crippen molar-refractivity contribution >= 4 is 23.4 Å². The Kier molecular flexibility index (Phi) is 5.19. The topological polar surface area (TPSA) is 90.7 Å². The molecule has 0 unspecified atom stereocenters. The monoisotopic (exact) mass is 451 g/mol. The first-order valence-corrected chi connectivity index (χ1v) is 10.1. The van der Waals surface area contributed by atoms with Crippen molar-refractivity contribution in [3.63, 3.8) is 0 Å². The Morgan fingerprint density at radius 2 is 1.71 bits per heavy atom. The van der Waals surface area contributed by atoms with Crippen LogP contribution in [0, 0.1) is 5.82 Å². The number of hydrogen-bond donors (Lipinski definition) is 0. The molecule has 0 N–H and O–H groups in total. The standard InChI is InChI=1S/C21H11ClFN5O2S/c22-14-4-8-17(25-10-14)31-21-18(27-20(30-21)12-1-5-15(23)6-2-12)13-3-7-16(24-9-13)19-26-11-29-28-19/h1-11H. The fraction of sp³-hybridized carbons (Fsp3) is 0. The summed E-state index contributed by atoms with van der Waals surface area (Å²) in [7, 11) is 0. The van der Waals surface area contributed by atoms with Crippen LogP contribution in [0.1, 0.15) is 0 Å². The van der Waals surface area contributed by atoms with Gasteiger partial charge < -0.3 is 8.94 Å². The summed E-state index contributed by atoms with van der Waals surface area (Å²) >= 11 is 7.23. The molecule has 7 nitrogen and oxygen atoms in total. The van der Waals surface area contributed by atoms with E-state index >= 15 is 0 Å². The van der Waals surface area contributed by atoms with Crippen LogP contribution in [0.15, 0.2) is 86.4 Å². The number of rotatable bonds is 5. The van der Waals surface area contributed by atoms with Crippen LogP contribution in [-0.2, 0) is 0 Å². The largest absolute Gasteiger partial charge is 0.429 e. The van der Waals surface area contributed by atoms with Gasteiger partial charge in [-0.05, 0) is 60.3 Å². The van der Waals surface area contributed by atoms with Gasteiger partial charge in [-0.1, -0.05) is 16.8 Å². The molecule has 0 fully saturated rings. The summed E-state index contributed by atoms with van der Waals surface area (Å²) in [6, 6.07) is 13.1. The summed E-state index contributed by atoms with van der Waals surface area (Å²) in [5, 5.41) is 5.52. The van der Waals surface area contributed by atoms with Gasteiger partial charge in [-0.15, -0.1) is 0 Å². The predicted octanol–water partition coefficient (Wildman–Crippen LogP) is 5.79. The van der Waals surface area contributed by atoms with Gasteiger partial charge in [-0.25, -0.2) is 14.4 Å². The van der Waals surface area contributed by atoms with Crippen LogP contribution in [0.25, 0.3) is 34.2 Å². The third-order valence-corrected chi connectivity index (χ3v) is 5.35. The van der Waals surface area contributed by atoms with Crippen molar-refractivity contribution in [2.24, 2.45) is 0 Å². The van der Waals surface area contributed by atoms with Gasteiger partial charge in [0.15, 0.2) is 5.09 Å². The highest BCUT2D eigenvalue weighted by atomic mass is 35.5. The summed E-state index contributed by atoms with van der Waals surface area (Å²) in [6.45, 7) is 0. The third kappa shape index (κ3) is 4.18. The number of halogens is 2. The highest BCUT2D eigenvalue weighted by molar-refractivity contribution is 7.99. The van der Waals surface area contributed by atoms with Crippen molar-refractivity contribution in [1.82, 2.24) is 25.1 Å². The van der Waals surface area contributed by atoms with Crippen molar-refractivity contribution < 1.29 is 13.3 Å². The fourth-order valence-corrected chi connectivity index (χ4v) is 3.66. The van der Waals surface area contributed by atoms with Gasteiger partial charge in [-0.2, -0.15) is 4.98 Å². The van der Waals surface area contributed by atoms with Crippen LogP contribution in [0.2, 0.25) is 5.02 Å². The molecule has 0 radical (unpaired) electrons. The van der Waals surface area contributed by atoms with E-state index in [1.807, 2.05) is 6.07 Å². The molecular formula is C21H11ClFN5O2S. The molecule has 4 aromatic heterocycles. The summed E-state index contributed by atoms with van der Waals surface area (Å²) in [4.78, 5) is 17.3. The van der Waals surface area contributed by atoms with Crippen LogP contribution in [0.4, 0.5) is 4.39 Å². The number of benzene rings is 1. The minimum absolute atomic E-state index is 0.336. The molecule has 0 saturated carbocycles. The van der Waals surface area contributed by atoms with Crippen LogP contribution in [0.5, 0.6) is 0 Å². The molecular weight excluding hydrogens is 441 g/mol. The molecule has 0 amide bonds. The predicted molar refractivity (Wildman–Crippen MR) is 112 cm³/mol. The molecule has 0 aliphatic carbocycles. The zero-order valence-electron chi connectivity index (χ0n) is 15.6. The number of nitrogens with zero attached hydrogens (tertiary/aromatic N) is 5. The zero-order chi connectivity index (χ0) is 21.2. The Balaban J connectivity index is 1.55. The van der Waals surface area contributed by atoms with Gasteiger partial charge in [0.05, 0.1) is 5.02 Å². The fourth-order valence-electron chi connectivity index (χ4n) is 2.74. The molecule has 0 aliphatic heterocycles. The summed E-state index contributed by atoms with van der Waals surface area (Å²) in [5.41, 5.74) is 2.51. The molecule has 0 bridgehead atoms. The lowest BCUT2D eigenvalue weighted by Gasteiger charge is -2.01. The summed E-state index contributed by atoms with van der Waals surface area (Å²) < 4.78 is 24.1. The molecule has 0 saturated heterocycles. The summed E-state index contributed by atoms with van der Waals surface area (Å²) in [6.07, 6.45) is 4.45. The Morgan fingerprint density at radius 1 is 0.871 bits per heavy atom. The van der Waals surface area contributed by atoms with E-state index < -0.39 is 0 Å².